The Morgan fingerprint density at radius 2 is 1.65 bits per heavy atom. The van der Waals surface area contributed by atoms with Gasteiger partial charge in [0, 0.05) is 17.7 Å². The molecule has 1 aromatic carbocycles. The topological polar surface area (TPSA) is 54.9 Å². The number of hydrogen-bond acceptors (Lipinski definition) is 3. The van der Waals surface area contributed by atoms with Crippen LogP contribution in [0.4, 0.5) is 5.82 Å². The second-order valence-electron chi connectivity index (χ2n) is 6.16. The van der Waals surface area contributed by atoms with Gasteiger partial charge in [-0.15, -0.1) is 0 Å². The number of amides is 1. The molecular formula is C19H23N3O. The fourth-order valence-electron chi connectivity index (χ4n) is 3.10. The average Bonchev–Trinajstić information content (AvgIpc) is 2.55. The monoisotopic (exact) mass is 309 g/mol. The molecule has 1 heterocycles. The normalized spacial score (nSPS) is 16.3. The highest BCUT2D eigenvalue weighted by atomic mass is 16.1. The Morgan fingerprint density at radius 3 is 2.39 bits per heavy atom. The lowest BCUT2D eigenvalue weighted by Crippen LogP contribution is -2.24. The van der Waals surface area contributed by atoms with Crippen molar-refractivity contribution in [1.29, 1.82) is 0 Å². The van der Waals surface area contributed by atoms with Gasteiger partial charge >= 0.3 is 0 Å². The molecule has 2 aromatic rings. The van der Waals surface area contributed by atoms with Gasteiger partial charge in [0.15, 0.2) is 5.82 Å². The van der Waals surface area contributed by atoms with Gasteiger partial charge in [0.2, 0.25) is 5.91 Å². The Kier molecular flexibility index (Phi) is 5.35. The van der Waals surface area contributed by atoms with Crippen LogP contribution in [-0.2, 0) is 4.79 Å². The van der Waals surface area contributed by atoms with Crippen LogP contribution in [0.3, 0.4) is 0 Å². The van der Waals surface area contributed by atoms with Gasteiger partial charge in [0.25, 0.3) is 0 Å². The van der Waals surface area contributed by atoms with Gasteiger partial charge < -0.3 is 5.32 Å². The number of hydrogen-bond donors (Lipinski definition) is 1. The van der Waals surface area contributed by atoms with E-state index in [-0.39, 0.29) is 11.8 Å². The summed E-state index contributed by atoms with van der Waals surface area (Å²) < 4.78 is 0. The third-order valence-electron chi connectivity index (χ3n) is 4.41. The number of benzene rings is 1. The van der Waals surface area contributed by atoms with Crippen LogP contribution in [0.1, 0.15) is 44.9 Å². The van der Waals surface area contributed by atoms with Crippen molar-refractivity contribution in [3.8, 4) is 11.4 Å². The molecule has 1 fully saturated rings. The average molecular weight is 309 g/mol. The van der Waals surface area contributed by atoms with E-state index in [1.165, 1.54) is 19.3 Å². The van der Waals surface area contributed by atoms with E-state index in [9.17, 15) is 4.79 Å². The van der Waals surface area contributed by atoms with Gasteiger partial charge in [0.1, 0.15) is 5.82 Å². The molecule has 0 atom stereocenters. The fourth-order valence-corrected chi connectivity index (χ4v) is 3.10. The summed E-state index contributed by atoms with van der Waals surface area (Å²) in [6, 6.07) is 11.6. The number of carbonyl (C=O) groups is 1. The molecular weight excluding hydrogens is 286 g/mol. The van der Waals surface area contributed by atoms with Crippen molar-refractivity contribution in [2.45, 2.75) is 44.9 Å². The summed E-state index contributed by atoms with van der Waals surface area (Å²) in [5.41, 5.74) is 0.953. The van der Waals surface area contributed by atoms with E-state index in [0.717, 1.165) is 31.2 Å². The van der Waals surface area contributed by atoms with Crippen LogP contribution in [0.25, 0.3) is 11.4 Å². The molecule has 1 N–H and O–H groups in total. The van der Waals surface area contributed by atoms with Crippen LogP contribution in [-0.4, -0.2) is 15.9 Å². The van der Waals surface area contributed by atoms with E-state index in [1.807, 2.05) is 30.3 Å². The molecule has 1 aromatic heterocycles. The van der Waals surface area contributed by atoms with Gasteiger partial charge in [0.05, 0.1) is 0 Å². The highest BCUT2D eigenvalue weighted by molar-refractivity contribution is 5.91. The standard InChI is InChI=1S/C19H23N3O/c23-19(16-11-5-2-1-3-6-12-16)22-17-13-14-20-18(21-17)15-9-7-4-8-10-15/h4,7-10,13-14,16H,1-3,5-6,11-12H2,(H,20,21,22,23). The molecule has 0 saturated heterocycles. The smallest absolute Gasteiger partial charge is 0.228 e. The first-order valence-electron chi connectivity index (χ1n) is 8.52. The van der Waals surface area contributed by atoms with Crippen LogP contribution in [0.15, 0.2) is 42.6 Å². The van der Waals surface area contributed by atoms with E-state index in [0.29, 0.717) is 11.6 Å². The fraction of sp³-hybridized carbons (Fsp3) is 0.421. The number of carbonyl (C=O) groups excluding carboxylic acids is 1. The molecule has 0 radical (unpaired) electrons. The van der Waals surface area contributed by atoms with Gasteiger partial charge in [-0.25, -0.2) is 9.97 Å². The zero-order valence-electron chi connectivity index (χ0n) is 13.4. The largest absolute Gasteiger partial charge is 0.310 e. The molecule has 23 heavy (non-hydrogen) atoms. The minimum absolute atomic E-state index is 0.101. The first-order valence-corrected chi connectivity index (χ1v) is 8.52. The maximum atomic E-state index is 12.5. The molecule has 0 unspecified atom stereocenters. The SMILES string of the molecule is O=C(Nc1ccnc(-c2ccccc2)n1)C1CCCCCCC1. The third kappa shape index (κ3) is 4.38. The van der Waals surface area contributed by atoms with Crippen molar-refractivity contribution < 1.29 is 4.79 Å². The minimum atomic E-state index is 0.101. The van der Waals surface area contributed by atoms with Crippen LogP contribution >= 0.6 is 0 Å². The van der Waals surface area contributed by atoms with E-state index in [1.54, 1.807) is 12.3 Å². The number of nitrogens with one attached hydrogen (secondary N) is 1. The molecule has 4 nitrogen and oxygen atoms in total. The van der Waals surface area contributed by atoms with E-state index in [2.05, 4.69) is 15.3 Å². The summed E-state index contributed by atoms with van der Waals surface area (Å²) in [5, 5.41) is 2.98. The van der Waals surface area contributed by atoms with Crippen molar-refractivity contribution in [3.05, 3.63) is 42.6 Å². The van der Waals surface area contributed by atoms with Crippen LogP contribution < -0.4 is 5.32 Å². The Morgan fingerprint density at radius 1 is 0.957 bits per heavy atom. The number of nitrogens with zero attached hydrogens (tertiary/aromatic N) is 2. The summed E-state index contributed by atoms with van der Waals surface area (Å²) in [6.45, 7) is 0. The van der Waals surface area contributed by atoms with Crippen LogP contribution in [0.2, 0.25) is 0 Å². The molecule has 3 rings (SSSR count). The molecule has 0 aliphatic heterocycles. The molecule has 120 valence electrons. The minimum Gasteiger partial charge on any atom is -0.310 e. The quantitative estimate of drug-likeness (QED) is 0.911. The Bertz CT molecular complexity index is 634. The molecule has 0 bridgehead atoms. The lowest BCUT2D eigenvalue weighted by molar-refractivity contribution is -0.120. The first-order chi connectivity index (χ1) is 11.3. The predicted octanol–water partition coefficient (Wildman–Crippen LogP) is 4.44. The van der Waals surface area contributed by atoms with Gasteiger partial charge in [-0.3, -0.25) is 4.79 Å². The molecule has 0 spiro atoms. The molecule has 1 aliphatic carbocycles. The number of anilines is 1. The summed E-state index contributed by atoms with van der Waals surface area (Å²) in [5.74, 6) is 1.45. The summed E-state index contributed by atoms with van der Waals surface area (Å²) >= 11 is 0. The zero-order chi connectivity index (χ0) is 15.9. The van der Waals surface area contributed by atoms with Crippen molar-refractivity contribution in [3.63, 3.8) is 0 Å². The Balaban J connectivity index is 1.68. The summed E-state index contributed by atoms with van der Waals surface area (Å²) in [6.07, 6.45) is 9.77. The molecule has 1 amide bonds. The molecule has 4 heteroatoms. The second kappa shape index (κ2) is 7.86. The summed E-state index contributed by atoms with van der Waals surface area (Å²) in [4.78, 5) is 21.3. The lowest BCUT2D eigenvalue weighted by Gasteiger charge is -2.18. The van der Waals surface area contributed by atoms with Crippen molar-refractivity contribution >= 4 is 11.7 Å². The molecule has 1 aliphatic rings. The van der Waals surface area contributed by atoms with Crippen LogP contribution in [0.5, 0.6) is 0 Å². The molecule has 1 saturated carbocycles. The maximum absolute atomic E-state index is 12.5. The Hall–Kier alpha value is -2.23. The van der Waals surface area contributed by atoms with Gasteiger partial charge in [-0.1, -0.05) is 62.4 Å². The highest BCUT2D eigenvalue weighted by Crippen LogP contribution is 2.23. The van der Waals surface area contributed by atoms with E-state index >= 15 is 0 Å². The number of rotatable bonds is 3. The van der Waals surface area contributed by atoms with Gasteiger partial charge in [-0.05, 0) is 18.9 Å². The maximum Gasteiger partial charge on any atom is 0.228 e. The first kappa shape index (κ1) is 15.7. The third-order valence-corrected chi connectivity index (χ3v) is 4.41. The van der Waals surface area contributed by atoms with Crippen molar-refractivity contribution in [1.82, 2.24) is 9.97 Å². The predicted molar refractivity (Wildman–Crippen MR) is 91.9 cm³/mol. The second-order valence-corrected chi connectivity index (χ2v) is 6.16. The Labute approximate surface area is 137 Å². The zero-order valence-corrected chi connectivity index (χ0v) is 13.4. The van der Waals surface area contributed by atoms with E-state index in [4.69, 9.17) is 0 Å². The van der Waals surface area contributed by atoms with Crippen molar-refractivity contribution in [2.24, 2.45) is 5.92 Å². The van der Waals surface area contributed by atoms with E-state index < -0.39 is 0 Å². The number of aromatic nitrogens is 2. The van der Waals surface area contributed by atoms with Crippen LogP contribution in [0, 0.1) is 5.92 Å². The summed E-state index contributed by atoms with van der Waals surface area (Å²) in [7, 11) is 0. The van der Waals surface area contributed by atoms with Gasteiger partial charge in [-0.2, -0.15) is 0 Å². The highest BCUT2D eigenvalue weighted by Gasteiger charge is 2.19. The van der Waals surface area contributed by atoms with Crippen molar-refractivity contribution in [2.75, 3.05) is 5.32 Å². The lowest BCUT2D eigenvalue weighted by atomic mass is 9.90.